The molecule has 0 amide bonds. The number of unbranched alkanes of at least 4 members (excludes halogenated alkanes) is 6. The number of hydrogen-bond acceptors (Lipinski definition) is 5. The molecule has 0 unspecified atom stereocenters. The number of methoxy groups -OCH3 is 1. The second-order valence-corrected chi connectivity index (χ2v) is 5.86. The van der Waals surface area contributed by atoms with Gasteiger partial charge in [0.2, 0.25) is 0 Å². The van der Waals surface area contributed by atoms with E-state index in [2.05, 4.69) is 0 Å². The van der Waals surface area contributed by atoms with E-state index in [1.54, 1.807) is 0 Å². The van der Waals surface area contributed by atoms with Crippen molar-refractivity contribution in [2.75, 3.05) is 13.9 Å². The summed E-state index contributed by atoms with van der Waals surface area (Å²) in [5.74, 6) is -0.188. The van der Waals surface area contributed by atoms with Crippen LogP contribution in [-0.4, -0.2) is 43.3 Å². The standard InChI is InChI=1S/C18H32O5/c1-16(20)11-8-6-4-3-5-7-9-13-18(23-15-22-2)17(21)12-10-14-19/h10,12,14,16,18,20H,3-9,11,13,15H2,1-2H3/b12-10+/t16-,18+/m1/s1. The molecule has 0 spiro atoms. The van der Waals surface area contributed by atoms with Gasteiger partial charge in [-0.1, -0.05) is 44.9 Å². The molecule has 0 rings (SSSR count). The SMILES string of the molecule is COCO[C@@H](CCCCCCCCC[C@@H](C)O)C(=O)/C=C/C=O. The van der Waals surface area contributed by atoms with Crippen LogP contribution in [0, 0.1) is 0 Å². The Bertz CT molecular complexity index is 325. The Hall–Kier alpha value is -1.04. The monoisotopic (exact) mass is 328 g/mol. The van der Waals surface area contributed by atoms with Crippen molar-refractivity contribution in [2.45, 2.75) is 76.9 Å². The van der Waals surface area contributed by atoms with Crippen LogP contribution in [0.5, 0.6) is 0 Å². The Morgan fingerprint density at radius 1 is 1.04 bits per heavy atom. The molecule has 134 valence electrons. The molecule has 0 saturated carbocycles. The van der Waals surface area contributed by atoms with Crippen molar-refractivity contribution in [3.05, 3.63) is 12.2 Å². The van der Waals surface area contributed by atoms with Crippen LogP contribution >= 0.6 is 0 Å². The highest BCUT2D eigenvalue weighted by atomic mass is 16.7. The van der Waals surface area contributed by atoms with Gasteiger partial charge in [-0.15, -0.1) is 0 Å². The van der Waals surface area contributed by atoms with E-state index in [-0.39, 0.29) is 18.7 Å². The highest BCUT2D eigenvalue weighted by Gasteiger charge is 2.16. The molecular weight excluding hydrogens is 296 g/mol. The first kappa shape index (κ1) is 22.0. The molecule has 1 N–H and O–H groups in total. The van der Waals surface area contributed by atoms with Gasteiger partial charge in [-0.25, -0.2) is 0 Å². The molecule has 0 fully saturated rings. The molecule has 5 heteroatoms. The molecule has 0 saturated heterocycles. The molecule has 0 radical (unpaired) electrons. The molecule has 0 heterocycles. The summed E-state index contributed by atoms with van der Waals surface area (Å²) in [6.07, 6.45) is 11.6. The lowest BCUT2D eigenvalue weighted by Gasteiger charge is -2.14. The topological polar surface area (TPSA) is 72.8 Å². The lowest BCUT2D eigenvalue weighted by atomic mass is 10.0. The van der Waals surface area contributed by atoms with Gasteiger partial charge in [0.25, 0.3) is 0 Å². The number of allylic oxidation sites excluding steroid dienone is 1. The van der Waals surface area contributed by atoms with Crippen LogP contribution in [0.4, 0.5) is 0 Å². The number of hydrogen-bond donors (Lipinski definition) is 1. The predicted molar refractivity (Wildman–Crippen MR) is 90.2 cm³/mol. The average molecular weight is 328 g/mol. The Balaban J connectivity index is 3.75. The molecule has 2 atom stereocenters. The molecule has 23 heavy (non-hydrogen) atoms. The van der Waals surface area contributed by atoms with Crippen molar-refractivity contribution in [1.82, 2.24) is 0 Å². The van der Waals surface area contributed by atoms with Crippen LogP contribution in [0.1, 0.15) is 64.7 Å². The Kier molecular flexibility index (Phi) is 15.1. The fourth-order valence-electron chi connectivity index (χ4n) is 2.35. The maximum absolute atomic E-state index is 11.9. The minimum absolute atomic E-state index is 0.0780. The van der Waals surface area contributed by atoms with Crippen LogP contribution < -0.4 is 0 Å². The van der Waals surface area contributed by atoms with E-state index in [4.69, 9.17) is 14.6 Å². The largest absolute Gasteiger partial charge is 0.393 e. The van der Waals surface area contributed by atoms with Gasteiger partial charge in [-0.2, -0.15) is 0 Å². The quantitative estimate of drug-likeness (QED) is 0.204. The van der Waals surface area contributed by atoms with Crippen molar-refractivity contribution < 1.29 is 24.2 Å². The first-order chi connectivity index (χ1) is 11.1. The van der Waals surface area contributed by atoms with E-state index in [0.29, 0.717) is 12.7 Å². The fraction of sp³-hybridized carbons (Fsp3) is 0.778. The number of aldehydes is 1. The van der Waals surface area contributed by atoms with Crippen LogP contribution in [-0.2, 0) is 19.1 Å². The van der Waals surface area contributed by atoms with Crippen LogP contribution in [0.15, 0.2) is 12.2 Å². The van der Waals surface area contributed by atoms with Crippen molar-refractivity contribution in [3.8, 4) is 0 Å². The minimum Gasteiger partial charge on any atom is -0.393 e. The number of ether oxygens (including phenoxy) is 2. The molecular formula is C18H32O5. The maximum atomic E-state index is 11.9. The predicted octanol–water partition coefficient (Wildman–Crippen LogP) is 3.19. The van der Waals surface area contributed by atoms with Gasteiger partial charge in [0, 0.05) is 7.11 Å². The summed E-state index contributed by atoms with van der Waals surface area (Å²) in [5.41, 5.74) is 0. The maximum Gasteiger partial charge on any atom is 0.184 e. The van der Waals surface area contributed by atoms with Crippen molar-refractivity contribution in [2.24, 2.45) is 0 Å². The minimum atomic E-state index is -0.530. The normalized spacial score (nSPS) is 14.0. The number of aliphatic hydroxyl groups is 1. The van der Waals surface area contributed by atoms with Gasteiger partial charge in [-0.05, 0) is 31.9 Å². The third-order valence-corrected chi connectivity index (χ3v) is 3.63. The third-order valence-electron chi connectivity index (χ3n) is 3.63. The van der Waals surface area contributed by atoms with Crippen LogP contribution in [0.25, 0.3) is 0 Å². The van der Waals surface area contributed by atoms with E-state index >= 15 is 0 Å². The molecule has 0 aromatic heterocycles. The summed E-state index contributed by atoms with van der Waals surface area (Å²) in [5, 5.41) is 9.17. The first-order valence-electron chi connectivity index (χ1n) is 8.56. The van der Waals surface area contributed by atoms with Crippen LogP contribution in [0.3, 0.4) is 0 Å². The summed E-state index contributed by atoms with van der Waals surface area (Å²) in [6, 6.07) is 0. The van der Waals surface area contributed by atoms with Crippen LogP contribution in [0.2, 0.25) is 0 Å². The van der Waals surface area contributed by atoms with Crippen molar-refractivity contribution >= 4 is 12.1 Å². The third kappa shape index (κ3) is 14.3. The van der Waals surface area contributed by atoms with Crippen molar-refractivity contribution in [3.63, 3.8) is 0 Å². The van der Waals surface area contributed by atoms with E-state index in [1.807, 2.05) is 6.92 Å². The lowest BCUT2D eigenvalue weighted by Crippen LogP contribution is -2.23. The molecule has 0 aliphatic carbocycles. The lowest BCUT2D eigenvalue weighted by molar-refractivity contribution is -0.135. The van der Waals surface area contributed by atoms with Gasteiger partial charge in [0.1, 0.15) is 19.2 Å². The van der Waals surface area contributed by atoms with Gasteiger partial charge in [0.05, 0.1) is 6.10 Å². The summed E-state index contributed by atoms with van der Waals surface area (Å²) in [4.78, 5) is 22.1. The second kappa shape index (κ2) is 15.8. The smallest absolute Gasteiger partial charge is 0.184 e. The van der Waals surface area contributed by atoms with Crippen molar-refractivity contribution in [1.29, 1.82) is 0 Å². The highest BCUT2D eigenvalue weighted by molar-refractivity contribution is 5.95. The van der Waals surface area contributed by atoms with Gasteiger partial charge >= 0.3 is 0 Å². The summed E-state index contributed by atoms with van der Waals surface area (Å²) in [6.45, 7) is 1.91. The number of rotatable bonds is 16. The number of ketones is 1. The zero-order valence-electron chi connectivity index (χ0n) is 14.5. The molecule has 5 nitrogen and oxygen atoms in total. The second-order valence-electron chi connectivity index (χ2n) is 5.86. The Morgan fingerprint density at radius 3 is 2.13 bits per heavy atom. The molecule has 0 aliphatic rings. The van der Waals surface area contributed by atoms with E-state index in [0.717, 1.165) is 32.1 Å². The van der Waals surface area contributed by atoms with Gasteiger partial charge in [0.15, 0.2) is 5.78 Å². The molecule has 0 aliphatic heterocycles. The number of carbonyl (C=O) groups is 2. The fourth-order valence-corrected chi connectivity index (χ4v) is 2.35. The van der Waals surface area contributed by atoms with E-state index < -0.39 is 6.10 Å². The summed E-state index contributed by atoms with van der Waals surface area (Å²) >= 11 is 0. The Morgan fingerprint density at radius 2 is 1.61 bits per heavy atom. The van der Waals surface area contributed by atoms with E-state index in [1.165, 1.54) is 38.5 Å². The first-order valence-corrected chi connectivity index (χ1v) is 8.56. The zero-order chi connectivity index (χ0) is 17.3. The number of aliphatic hydroxyl groups excluding tert-OH is 1. The highest BCUT2D eigenvalue weighted by Crippen LogP contribution is 2.13. The zero-order valence-corrected chi connectivity index (χ0v) is 14.5. The Labute approximate surface area is 140 Å². The van der Waals surface area contributed by atoms with Gasteiger partial charge < -0.3 is 14.6 Å². The summed E-state index contributed by atoms with van der Waals surface area (Å²) < 4.78 is 10.2. The average Bonchev–Trinajstić information content (AvgIpc) is 2.53. The summed E-state index contributed by atoms with van der Waals surface area (Å²) in [7, 11) is 1.51. The van der Waals surface area contributed by atoms with E-state index in [9.17, 15) is 9.59 Å². The van der Waals surface area contributed by atoms with Gasteiger partial charge in [-0.3, -0.25) is 9.59 Å². The molecule has 0 aromatic rings. The molecule has 0 aromatic carbocycles. The number of carbonyl (C=O) groups excluding carboxylic acids is 2. The molecule has 0 bridgehead atoms.